The molecule has 0 rings (SSSR count). The highest BCUT2D eigenvalue weighted by atomic mass is 16.5. The Morgan fingerprint density at radius 3 is 2.38 bits per heavy atom. The van der Waals surface area contributed by atoms with Crippen LogP contribution in [0.5, 0.6) is 0 Å². The lowest BCUT2D eigenvalue weighted by Crippen LogP contribution is -2.21. The maximum absolute atomic E-state index is 11.5. The fourth-order valence-corrected chi connectivity index (χ4v) is 2.35. The zero-order chi connectivity index (χ0) is 19.5. The highest BCUT2D eigenvalue weighted by Crippen LogP contribution is 2.08. The van der Waals surface area contributed by atoms with Crippen molar-refractivity contribution in [2.45, 2.75) is 83.7 Å². The SMILES string of the molecule is CCCCCC(=O)/C=C/C=C/CCCCCCCC(=O)OC[C@@H](O)CO. The van der Waals surface area contributed by atoms with Crippen LogP contribution < -0.4 is 0 Å². The zero-order valence-corrected chi connectivity index (χ0v) is 16.2. The Bertz CT molecular complexity index is 415. The van der Waals surface area contributed by atoms with Crippen molar-refractivity contribution in [3.8, 4) is 0 Å². The maximum Gasteiger partial charge on any atom is 0.305 e. The number of ether oxygens (including phenoxy) is 1. The minimum absolute atomic E-state index is 0.138. The molecule has 0 unspecified atom stereocenters. The third-order valence-electron chi connectivity index (χ3n) is 3.96. The van der Waals surface area contributed by atoms with Gasteiger partial charge in [0, 0.05) is 12.8 Å². The zero-order valence-electron chi connectivity index (χ0n) is 16.2. The van der Waals surface area contributed by atoms with Gasteiger partial charge >= 0.3 is 5.97 Å². The van der Waals surface area contributed by atoms with E-state index in [1.54, 1.807) is 6.08 Å². The molecule has 0 bridgehead atoms. The van der Waals surface area contributed by atoms with E-state index in [0.717, 1.165) is 57.8 Å². The predicted molar refractivity (Wildman–Crippen MR) is 104 cm³/mol. The lowest BCUT2D eigenvalue weighted by atomic mass is 10.1. The fraction of sp³-hybridized carbons (Fsp3) is 0.714. The van der Waals surface area contributed by atoms with Crippen LogP contribution in [0, 0.1) is 0 Å². The first kappa shape index (κ1) is 24.5. The van der Waals surface area contributed by atoms with E-state index in [0.29, 0.717) is 12.8 Å². The van der Waals surface area contributed by atoms with E-state index in [1.807, 2.05) is 12.2 Å². The highest BCUT2D eigenvalue weighted by molar-refractivity contribution is 5.89. The number of unbranched alkanes of at least 4 members (excludes halogenated alkanes) is 7. The van der Waals surface area contributed by atoms with Crippen LogP contribution in [0.25, 0.3) is 0 Å². The Balaban J connectivity index is 3.45. The van der Waals surface area contributed by atoms with Gasteiger partial charge in [-0.3, -0.25) is 9.59 Å². The van der Waals surface area contributed by atoms with E-state index in [4.69, 9.17) is 14.9 Å². The molecular weight excluding hydrogens is 332 g/mol. The molecular formula is C21H36O5. The molecule has 0 aromatic rings. The molecule has 0 spiro atoms. The summed E-state index contributed by atoms with van der Waals surface area (Å²) in [6.07, 6.45) is 16.8. The molecule has 0 heterocycles. The van der Waals surface area contributed by atoms with E-state index in [9.17, 15) is 9.59 Å². The van der Waals surface area contributed by atoms with Gasteiger partial charge in [0.2, 0.25) is 0 Å². The van der Waals surface area contributed by atoms with Gasteiger partial charge in [-0.1, -0.05) is 57.3 Å². The molecule has 5 heteroatoms. The van der Waals surface area contributed by atoms with Gasteiger partial charge in [0.1, 0.15) is 12.7 Å². The predicted octanol–water partition coefficient (Wildman–Crippen LogP) is 3.88. The van der Waals surface area contributed by atoms with Gasteiger partial charge in [-0.2, -0.15) is 0 Å². The van der Waals surface area contributed by atoms with Crippen molar-refractivity contribution < 1.29 is 24.5 Å². The van der Waals surface area contributed by atoms with Crippen LogP contribution in [0.2, 0.25) is 0 Å². The van der Waals surface area contributed by atoms with E-state index in [1.165, 1.54) is 0 Å². The number of rotatable bonds is 17. The van der Waals surface area contributed by atoms with E-state index in [-0.39, 0.29) is 18.4 Å². The summed E-state index contributed by atoms with van der Waals surface area (Å²) in [5.74, 6) is -0.121. The number of aliphatic hydroxyl groups is 2. The molecule has 5 nitrogen and oxygen atoms in total. The van der Waals surface area contributed by atoms with Gasteiger partial charge in [0.25, 0.3) is 0 Å². The first-order valence-corrected chi connectivity index (χ1v) is 9.90. The van der Waals surface area contributed by atoms with Crippen LogP contribution in [0.15, 0.2) is 24.3 Å². The normalized spacial score (nSPS) is 12.7. The molecule has 0 radical (unpaired) electrons. The Labute approximate surface area is 158 Å². The van der Waals surface area contributed by atoms with Gasteiger partial charge in [0.05, 0.1) is 6.61 Å². The van der Waals surface area contributed by atoms with Crippen LogP contribution in [-0.4, -0.2) is 41.3 Å². The lowest BCUT2D eigenvalue weighted by molar-refractivity contribution is -0.147. The first-order valence-electron chi connectivity index (χ1n) is 9.90. The van der Waals surface area contributed by atoms with Crippen molar-refractivity contribution in [1.29, 1.82) is 0 Å². The van der Waals surface area contributed by atoms with Crippen LogP contribution in [-0.2, 0) is 14.3 Å². The van der Waals surface area contributed by atoms with Gasteiger partial charge in [-0.15, -0.1) is 0 Å². The molecule has 0 aromatic heterocycles. The lowest BCUT2D eigenvalue weighted by Gasteiger charge is -2.08. The van der Waals surface area contributed by atoms with Crippen molar-refractivity contribution in [2.24, 2.45) is 0 Å². The standard InChI is InChI=1S/C21H36O5/c1-2-3-11-14-19(23)15-12-9-7-5-4-6-8-10-13-16-21(25)26-18-20(24)17-22/h7,9,12,15,20,22,24H,2-6,8,10-11,13-14,16-18H2,1H3/b9-7+,15-12+/t20-/m0/s1. The van der Waals surface area contributed by atoms with Gasteiger partial charge < -0.3 is 14.9 Å². The number of hydrogen-bond donors (Lipinski definition) is 2. The molecule has 26 heavy (non-hydrogen) atoms. The van der Waals surface area contributed by atoms with Gasteiger partial charge in [-0.05, 0) is 31.8 Å². The second-order valence-corrected chi connectivity index (χ2v) is 6.54. The molecule has 0 aliphatic heterocycles. The number of hydrogen-bond acceptors (Lipinski definition) is 5. The van der Waals surface area contributed by atoms with Crippen LogP contribution in [0.3, 0.4) is 0 Å². The Morgan fingerprint density at radius 2 is 1.65 bits per heavy atom. The summed E-state index contributed by atoms with van der Waals surface area (Å²) in [7, 11) is 0. The van der Waals surface area contributed by atoms with Crippen LogP contribution >= 0.6 is 0 Å². The number of carbonyl (C=O) groups excluding carboxylic acids is 2. The van der Waals surface area contributed by atoms with Gasteiger partial charge in [0.15, 0.2) is 5.78 Å². The fourth-order valence-electron chi connectivity index (χ4n) is 2.35. The molecule has 0 aromatic carbocycles. The van der Waals surface area contributed by atoms with Crippen LogP contribution in [0.1, 0.15) is 77.6 Å². The maximum atomic E-state index is 11.5. The molecule has 0 aliphatic rings. The summed E-state index contributed by atoms with van der Waals surface area (Å²) in [6.45, 7) is 1.59. The molecule has 0 fully saturated rings. The van der Waals surface area contributed by atoms with E-state index < -0.39 is 12.7 Å². The molecule has 0 aliphatic carbocycles. The summed E-state index contributed by atoms with van der Waals surface area (Å²) in [6, 6.07) is 0. The Morgan fingerprint density at radius 1 is 0.962 bits per heavy atom. The Kier molecular flexibility index (Phi) is 17.3. The quantitative estimate of drug-likeness (QED) is 0.176. The molecule has 0 saturated carbocycles. The third kappa shape index (κ3) is 17.4. The van der Waals surface area contributed by atoms with Crippen molar-refractivity contribution in [2.75, 3.05) is 13.2 Å². The summed E-state index contributed by atoms with van der Waals surface area (Å²) in [5, 5.41) is 17.7. The van der Waals surface area contributed by atoms with E-state index >= 15 is 0 Å². The minimum Gasteiger partial charge on any atom is -0.463 e. The average molecular weight is 369 g/mol. The first-order chi connectivity index (χ1) is 12.6. The molecule has 1 atom stereocenters. The second-order valence-electron chi connectivity index (χ2n) is 6.54. The van der Waals surface area contributed by atoms with Crippen molar-refractivity contribution >= 4 is 11.8 Å². The summed E-state index contributed by atoms with van der Waals surface area (Å²) in [4.78, 5) is 22.9. The number of carbonyl (C=O) groups is 2. The number of esters is 1. The largest absolute Gasteiger partial charge is 0.463 e. The van der Waals surface area contributed by atoms with Crippen LogP contribution in [0.4, 0.5) is 0 Å². The Hall–Kier alpha value is -1.46. The highest BCUT2D eigenvalue weighted by Gasteiger charge is 2.07. The number of aliphatic hydroxyl groups excluding tert-OH is 2. The van der Waals surface area contributed by atoms with Crippen molar-refractivity contribution in [3.63, 3.8) is 0 Å². The number of ketones is 1. The van der Waals surface area contributed by atoms with Crippen molar-refractivity contribution in [3.05, 3.63) is 24.3 Å². The molecule has 0 amide bonds. The van der Waals surface area contributed by atoms with E-state index in [2.05, 4.69) is 13.0 Å². The third-order valence-corrected chi connectivity index (χ3v) is 3.96. The second kappa shape index (κ2) is 18.3. The summed E-state index contributed by atoms with van der Waals surface area (Å²) in [5.41, 5.74) is 0. The smallest absolute Gasteiger partial charge is 0.305 e. The topological polar surface area (TPSA) is 83.8 Å². The molecule has 0 saturated heterocycles. The summed E-state index contributed by atoms with van der Waals surface area (Å²) < 4.78 is 4.83. The number of allylic oxidation sites excluding steroid dienone is 4. The van der Waals surface area contributed by atoms with Crippen molar-refractivity contribution in [1.82, 2.24) is 0 Å². The molecule has 150 valence electrons. The van der Waals surface area contributed by atoms with Gasteiger partial charge in [-0.25, -0.2) is 0 Å². The average Bonchev–Trinajstić information content (AvgIpc) is 2.64. The monoisotopic (exact) mass is 368 g/mol. The minimum atomic E-state index is -0.985. The molecule has 2 N–H and O–H groups in total. The summed E-state index contributed by atoms with van der Waals surface area (Å²) >= 11 is 0.